The fourth-order valence-corrected chi connectivity index (χ4v) is 7.78. The molecule has 0 radical (unpaired) electrons. The SMILES string of the molecule is c1ccc(C2(c3ccccc3)c3cc(-c4ccc5oc6ccccc6c5c4)ccc3-n3c(-c4cccnc4)nc4cccc2c43)cc1. The number of fused-ring (bicyclic) bond motifs is 5. The lowest BCUT2D eigenvalue weighted by atomic mass is 9.63. The average molecular weight is 602 g/mol. The predicted molar refractivity (Wildman–Crippen MR) is 189 cm³/mol. The van der Waals surface area contributed by atoms with Crippen molar-refractivity contribution in [2.24, 2.45) is 0 Å². The first kappa shape index (κ1) is 26.0. The number of aromatic nitrogens is 3. The number of pyridine rings is 1. The molecule has 0 saturated carbocycles. The number of imidazole rings is 1. The Labute approximate surface area is 271 Å². The summed E-state index contributed by atoms with van der Waals surface area (Å²) in [5.74, 6) is 0.885. The van der Waals surface area contributed by atoms with Gasteiger partial charge in [-0.3, -0.25) is 9.55 Å². The zero-order valence-corrected chi connectivity index (χ0v) is 25.3. The normalized spacial score (nSPS) is 13.3. The van der Waals surface area contributed by atoms with E-state index in [2.05, 4.69) is 143 Å². The largest absolute Gasteiger partial charge is 0.456 e. The van der Waals surface area contributed by atoms with Crippen molar-refractivity contribution in [2.45, 2.75) is 5.41 Å². The molecule has 47 heavy (non-hydrogen) atoms. The Kier molecular flexibility index (Phi) is 5.46. The minimum absolute atomic E-state index is 0.595. The summed E-state index contributed by atoms with van der Waals surface area (Å²) >= 11 is 0. The highest BCUT2D eigenvalue weighted by atomic mass is 16.3. The van der Waals surface area contributed by atoms with E-state index in [0.717, 1.165) is 61.2 Å². The molecule has 10 rings (SSSR count). The molecule has 3 aromatic heterocycles. The van der Waals surface area contributed by atoms with Gasteiger partial charge in [0.15, 0.2) is 0 Å². The Morgan fingerprint density at radius 1 is 0.532 bits per heavy atom. The van der Waals surface area contributed by atoms with E-state index in [0.29, 0.717) is 0 Å². The van der Waals surface area contributed by atoms with E-state index >= 15 is 0 Å². The number of benzene rings is 6. The average Bonchev–Trinajstić information content (AvgIpc) is 3.72. The second kappa shape index (κ2) is 9.87. The van der Waals surface area contributed by atoms with Gasteiger partial charge in [-0.1, -0.05) is 103 Å². The Morgan fingerprint density at radius 3 is 2.04 bits per heavy atom. The molecule has 4 heterocycles. The third-order valence-corrected chi connectivity index (χ3v) is 9.77. The van der Waals surface area contributed by atoms with Crippen molar-refractivity contribution in [3.8, 4) is 28.2 Å². The van der Waals surface area contributed by atoms with Crippen LogP contribution in [0.1, 0.15) is 22.3 Å². The number of furan rings is 1. The maximum atomic E-state index is 6.18. The summed E-state index contributed by atoms with van der Waals surface area (Å²) in [6.07, 6.45) is 3.71. The second-order valence-electron chi connectivity index (χ2n) is 12.2. The summed E-state index contributed by atoms with van der Waals surface area (Å²) in [6.45, 7) is 0. The smallest absolute Gasteiger partial charge is 0.147 e. The molecule has 0 amide bonds. The number of nitrogens with zero attached hydrogens (tertiary/aromatic N) is 3. The van der Waals surface area contributed by atoms with Gasteiger partial charge in [-0.2, -0.15) is 0 Å². The third kappa shape index (κ3) is 3.64. The van der Waals surface area contributed by atoms with Crippen LogP contribution in [0.4, 0.5) is 0 Å². The Balaban J connectivity index is 1.34. The topological polar surface area (TPSA) is 43.9 Å². The summed E-state index contributed by atoms with van der Waals surface area (Å²) in [7, 11) is 0. The van der Waals surface area contributed by atoms with Gasteiger partial charge in [0.2, 0.25) is 0 Å². The molecular formula is C43H27N3O. The van der Waals surface area contributed by atoms with Crippen LogP contribution in [0.3, 0.4) is 0 Å². The predicted octanol–water partition coefficient (Wildman–Crippen LogP) is 10.3. The third-order valence-electron chi connectivity index (χ3n) is 9.77. The summed E-state index contributed by atoms with van der Waals surface area (Å²) in [4.78, 5) is 9.72. The molecular weight excluding hydrogens is 574 g/mol. The standard InChI is InChI=1S/C43H27N3O/c1-3-12-31(13-4-1)43(32-14-5-2-6-15-32)35-17-9-18-37-41(35)46(42(45-37)30-11-10-24-44-27-30)38-22-20-29(26-36(38)43)28-21-23-40-34(25-28)33-16-7-8-19-39(33)47-40/h1-27H. The minimum atomic E-state index is -0.595. The van der Waals surface area contributed by atoms with E-state index in [9.17, 15) is 0 Å². The van der Waals surface area contributed by atoms with Gasteiger partial charge in [0.1, 0.15) is 17.0 Å². The Hall–Kier alpha value is -6.26. The molecule has 1 aliphatic rings. The molecule has 0 aliphatic carbocycles. The minimum Gasteiger partial charge on any atom is -0.456 e. The summed E-state index contributed by atoms with van der Waals surface area (Å²) < 4.78 is 8.53. The zero-order valence-electron chi connectivity index (χ0n) is 25.3. The first-order valence-electron chi connectivity index (χ1n) is 15.9. The van der Waals surface area contributed by atoms with Gasteiger partial charge < -0.3 is 4.42 Å². The highest BCUT2D eigenvalue weighted by Gasteiger charge is 2.45. The maximum absolute atomic E-state index is 6.18. The first-order chi connectivity index (χ1) is 23.3. The lowest BCUT2D eigenvalue weighted by Crippen LogP contribution is -2.35. The molecule has 0 spiro atoms. The highest BCUT2D eigenvalue weighted by Crippen LogP contribution is 2.54. The fourth-order valence-electron chi connectivity index (χ4n) is 7.78. The van der Waals surface area contributed by atoms with Crippen LogP contribution in [-0.2, 0) is 5.41 Å². The van der Waals surface area contributed by atoms with Crippen molar-refractivity contribution in [3.63, 3.8) is 0 Å². The van der Waals surface area contributed by atoms with E-state index in [-0.39, 0.29) is 0 Å². The fraction of sp³-hybridized carbons (Fsp3) is 0.0233. The Morgan fingerprint density at radius 2 is 1.26 bits per heavy atom. The molecule has 4 nitrogen and oxygen atoms in total. The molecule has 9 aromatic rings. The second-order valence-corrected chi connectivity index (χ2v) is 12.2. The monoisotopic (exact) mass is 601 g/mol. The number of hydrogen-bond donors (Lipinski definition) is 0. The van der Waals surface area contributed by atoms with Crippen molar-refractivity contribution in [3.05, 3.63) is 186 Å². The molecule has 0 bridgehead atoms. The zero-order chi connectivity index (χ0) is 31.0. The van der Waals surface area contributed by atoms with E-state index in [1.165, 1.54) is 22.3 Å². The lowest BCUT2D eigenvalue weighted by molar-refractivity contribution is 0.669. The van der Waals surface area contributed by atoms with Crippen molar-refractivity contribution in [2.75, 3.05) is 0 Å². The van der Waals surface area contributed by atoms with Gasteiger partial charge in [0.05, 0.1) is 22.1 Å². The van der Waals surface area contributed by atoms with E-state index < -0.39 is 5.41 Å². The molecule has 0 saturated heterocycles. The van der Waals surface area contributed by atoms with Crippen molar-refractivity contribution >= 4 is 33.0 Å². The van der Waals surface area contributed by atoms with Gasteiger partial charge >= 0.3 is 0 Å². The van der Waals surface area contributed by atoms with Crippen LogP contribution in [0.15, 0.2) is 168 Å². The summed E-state index contributed by atoms with van der Waals surface area (Å²) in [5, 5.41) is 2.25. The molecule has 0 atom stereocenters. The molecule has 220 valence electrons. The van der Waals surface area contributed by atoms with Crippen molar-refractivity contribution < 1.29 is 4.42 Å². The van der Waals surface area contributed by atoms with Crippen LogP contribution in [0.25, 0.3) is 61.2 Å². The molecule has 1 aliphatic heterocycles. The Bertz CT molecular complexity index is 2580. The summed E-state index contributed by atoms with van der Waals surface area (Å²) in [5.41, 5.74) is 12.5. The number of rotatable bonds is 4. The van der Waals surface area contributed by atoms with Gasteiger partial charge in [-0.25, -0.2) is 4.98 Å². The quantitative estimate of drug-likeness (QED) is 0.202. The van der Waals surface area contributed by atoms with Gasteiger partial charge in [0, 0.05) is 28.7 Å². The molecule has 0 unspecified atom stereocenters. The van der Waals surface area contributed by atoms with Crippen molar-refractivity contribution in [1.82, 2.24) is 14.5 Å². The van der Waals surface area contributed by atoms with Crippen LogP contribution in [0.5, 0.6) is 0 Å². The summed E-state index contributed by atoms with van der Waals surface area (Å²) in [6, 6.07) is 54.2. The first-order valence-corrected chi connectivity index (χ1v) is 15.9. The lowest BCUT2D eigenvalue weighted by Gasteiger charge is -2.41. The van der Waals surface area contributed by atoms with Crippen LogP contribution in [0, 0.1) is 0 Å². The van der Waals surface area contributed by atoms with Crippen molar-refractivity contribution in [1.29, 1.82) is 0 Å². The van der Waals surface area contributed by atoms with E-state index in [4.69, 9.17) is 9.40 Å². The van der Waals surface area contributed by atoms with Crippen LogP contribution in [0.2, 0.25) is 0 Å². The van der Waals surface area contributed by atoms with Crippen LogP contribution in [-0.4, -0.2) is 14.5 Å². The van der Waals surface area contributed by atoms with E-state index in [1.54, 1.807) is 0 Å². The molecule has 0 N–H and O–H groups in total. The van der Waals surface area contributed by atoms with Gasteiger partial charge in [0.25, 0.3) is 0 Å². The van der Waals surface area contributed by atoms with Gasteiger partial charge in [-0.05, 0) is 81.9 Å². The van der Waals surface area contributed by atoms with Gasteiger partial charge in [-0.15, -0.1) is 0 Å². The molecule has 6 aromatic carbocycles. The number of hydrogen-bond acceptors (Lipinski definition) is 3. The van der Waals surface area contributed by atoms with Crippen LogP contribution < -0.4 is 0 Å². The molecule has 0 fully saturated rings. The molecule has 4 heteroatoms. The maximum Gasteiger partial charge on any atom is 0.147 e. The highest BCUT2D eigenvalue weighted by molar-refractivity contribution is 6.06. The van der Waals surface area contributed by atoms with Crippen LogP contribution >= 0.6 is 0 Å². The van der Waals surface area contributed by atoms with E-state index in [1.807, 2.05) is 30.6 Å². The number of para-hydroxylation sites is 2.